The second-order valence-corrected chi connectivity index (χ2v) is 11.9. The molecule has 0 aromatic carbocycles. The molecule has 0 spiro atoms. The van der Waals surface area contributed by atoms with E-state index in [1.54, 1.807) is 29.2 Å². The zero-order valence-electron chi connectivity index (χ0n) is 13.2. The summed E-state index contributed by atoms with van der Waals surface area (Å²) >= 11 is 0. The summed E-state index contributed by atoms with van der Waals surface area (Å²) in [5.74, 6) is 0.335. The Morgan fingerprint density at radius 1 is 1.32 bits per heavy atom. The highest BCUT2D eigenvalue weighted by atomic mass is 28.3. The first-order chi connectivity index (χ1) is 10.4. The Morgan fingerprint density at radius 3 is 2.59 bits per heavy atom. The van der Waals surface area contributed by atoms with Gasteiger partial charge in [-0.3, -0.25) is 4.98 Å². The van der Waals surface area contributed by atoms with Crippen LogP contribution in [0.15, 0.2) is 24.5 Å². The van der Waals surface area contributed by atoms with Crippen LogP contribution >= 0.6 is 0 Å². The number of pyridine rings is 1. The summed E-state index contributed by atoms with van der Waals surface area (Å²) in [7, 11) is -1.12. The molecular formula is C15H21N5OSi. The highest BCUT2D eigenvalue weighted by Crippen LogP contribution is 2.26. The number of hydrogen-bond acceptors (Lipinski definition) is 5. The first-order valence-corrected chi connectivity index (χ1v) is 10.9. The molecule has 0 saturated carbocycles. The van der Waals surface area contributed by atoms with Gasteiger partial charge in [0.15, 0.2) is 0 Å². The molecule has 116 valence electrons. The molecule has 2 rings (SSSR count). The van der Waals surface area contributed by atoms with Crippen LogP contribution in [0.25, 0.3) is 11.3 Å². The third-order valence-electron chi connectivity index (χ3n) is 3.27. The average Bonchev–Trinajstić information content (AvgIpc) is 2.80. The van der Waals surface area contributed by atoms with Crippen LogP contribution in [0.2, 0.25) is 25.7 Å². The predicted molar refractivity (Wildman–Crippen MR) is 88.7 cm³/mol. The van der Waals surface area contributed by atoms with Crippen molar-refractivity contribution in [2.75, 3.05) is 12.3 Å². The van der Waals surface area contributed by atoms with E-state index in [2.05, 4.69) is 35.8 Å². The van der Waals surface area contributed by atoms with Crippen molar-refractivity contribution >= 4 is 13.9 Å². The van der Waals surface area contributed by atoms with Crippen LogP contribution in [0.4, 0.5) is 5.82 Å². The number of anilines is 1. The number of nitriles is 1. The average molecular weight is 315 g/mol. The maximum Gasteiger partial charge on any atom is 0.143 e. The number of nitrogen functional groups attached to an aromatic ring is 1. The third kappa shape index (κ3) is 3.93. The maximum absolute atomic E-state index is 9.32. The molecule has 0 radical (unpaired) electrons. The van der Waals surface area contributed by atoms with E-state index in [1.165, 1.54) is 0 Å². The maximum atomic E-state index is 9.32. The van der Waals surface area contributed by atoms with Crippen molar-refractivity contribution in [1.82, 2.24) is 14.8 Å². The third-order valence-corrected chi connectivity index (χ3v) is 4.97. The molecule has 2 aromatic heterocycles. The van der Waals surface area contributed by atoms with E-state index in [9.17, 15) is 5.26 Å². The molecule has 0 aliphatic heterocycles. The summed E-state index contributed by atoms with van der Waals surface area (Å²) < 4.78 is 7.20. The highest BCUT2D eigenvalue weighted by molar-refractivity contribution is 6.76. The van der Waals surface area contributed by atoms with Crippen molar-refractivity contribution in [3.8, 4) is 17.3 Å². The van der Waals surface area contributed by atoms with Gasteiger partial charge in [0.05, 0.1) is 0 Å². The van der Waals surface area contributed by atoms with Gasteiger partial charge in [0.2, 0.25) is 0 Å². The molecule has 0 aliphatic rings. The first-order valence-electron chi connectivity index (χ1n) is 7.17. The molecule has 0 bridgehead atoms. The molecule has 7 heteroatoms. The Labute approximate surface area is 131 Å². The van der Waals surface area contributed by atoms with E-state index >= 15 is 0 Å². The quantitative estimate of drug-likeness (QED) is 0.654. The minimum atomic E-state index is -1.12. The van der Waals surface area contributed by atoms with Crippen LogP contribution < -0.4 is 5.73 Å². The predicted octanol–water partition coefficient (Wildman–Crippen LogP) is 2.71. The molecule has 0 saturated heterocycles. The van der Waals surface area contributed by atoms with E-state index < -0.39 is 8.07 Å². The Bertz CT molecular complexity index is 670. The minimum absolute atomic E-state index is 0.260. The molecule has 0 amide bonds. The molecule has 2 heterocycles. The zero-order valence-corrected chi connectivity index (χ0v) is 14.2. The van der Waals surface area contributed by atoms with E-state index in [4.69, 9.17) is 10.5 Å². The van der Waals surface area contributed by atoms with Crippen LogP contribution in [-0.4, -0.2) is 29.4 Å². The van der Waals surface area contributed by atoms with Gasteiger partial charge < -0.3 is 10.5 Å². The molecule has 0 atom stereocenters. The monoisotopic (exact) mass is 315 g/mol. The summed E-state index contributed by atoms with van der Waals surface area (Å²) in [4.78, 5) is 3.97. The number of aromatic nitrogens is 3. The summed E-state index contributed by atoms with van der Waals surface area (Å²) in [6.45, 7) is 7.84. The van der Waals surface area contributed by atoms with Gasteiger partial charge in [-0.05, 0) is 18.2 Å². The normalized spacial score (nSPS) is 11.4. The molecular weight excluding hydrogens is 294 g/mol. The largest absolute Gasteiger partial charge is 0.383 e. The number of nitrogens with zero attached hydrogens (tertiary/aromatic N) is 4. The van der Waals surface area contributed by atoms with Crippen molar-refractivity contribution in [3.63, 3.8) is 0 Å². The topological polar surface area (TPSA) is 89.8 Å². The number of ether oxygens (including phenoxy) is 1. The molecule has 0 unspecified atom stereocenters. The van der Waals surface area contributed by atoms with Gasteiger partial charge in [0.25, 0.3) is 0 Å². The highest BCUT2D eigenvalue weighted by Gasteiger charge is 2.17. The van der Waals surface area contributed by atoms with Crippen molar-refractivity contribution in [2.45, 2.75) is 32.4 Å². The fourth-order valence-corrected chi connectivity index (χ4v) is 2.68. The number of hydrogen-bond donors (Lipinski definition) is 1. The fraction of sp³-hybridized carbons (Fsp3) is 0.400. The molecule has 2 aromatic rings. The van der Waals surface area contributed by atoms with Crippen molar-refractivity contribution in [3.05, 3.63) is 30.1 Å². The summed E-state index contributed by atoms with van der Waals surface area (Å²) in [5.41, 5.74) is 7.77. The molecule has 2 N–H and O–H groups in total. The Kier molecular flexibility index (Phi) is 4.95. The van der Waals surface area contributed by atoms with Gasteiger partial charge in [-0.1, -0.05) is 19.6 Å². The lowest BCUT2D eigenvalue weighted by Crippen LogP contribution is -2.22. The summed E-state index contributed by atoms with van der Waals surface area (Å²) in [6, 6.07) is 6.81. The second kappa shape index (κ2) is 6.73. The van der Waals surface area contributed by atoms with Crippen LogP contribution in [0.5, 0.6) is 0 Å². The second-order valence-electron chi connectivity index (χ2n) is 6.30. The standard InChI is InChI=1S/C15H21N5OSi/c1-22(2,3)9-8-21-11-20-15(17)13(10-16)14(19-20)12-4-6-18-7-5-12/h4-7H,8-9,11,17H2,1-3H3. The SMILES string of the molecule is C[Si](C)(C)CCOCn1nc(-c2ccncc2)c(C#N)c1N. The van der Waals surface area contributed by atoms with Gasteiger partial charge >= 0.3 is 0 Å². The first kappa shape index (κ1) is 16.2. The lowest BCUT2D eigenvalue weighted by Gasteiger charge is -2.15. The van der Waals surface area contributed by atoms with Crippen LogP contribution in [0, 0.1) is 11.3 Å². The van der Waals surface area contributed by atoms with Gasteiger partial charge in [0, 0.05) is 32.6 Å². The summed E-state index contributed by atoms with van der Waals surface area (Å²) in [5, 5.41) is 13.7. The zero-order chi connectivity index (χ0) is 16.2. The smallest absolute Gasteiger partial charge is 0.143 e. The summed E-state index contributed by atoms with van der Waals surface area (Å²) in [6.07, 6.45) is 3.33. The Morgan fingerprint density at radius 2 is 2.00 bits per heavy atom. The molecule has 0 fully saturated rings. The van der Waals surface area contributed by atoms with Crippen LogP contribution in [0.1, 0.15) is 5.56 Å². The van der Waals surface area contributed by atoms with Crippen molar-refractivity contribution < 1.29 is 4.74 Å². The van der Waals surface area contributed by atoms with E-state index in [0.717, 1.165) is 11.6 Å². The number of nitrogens with two attached hydrogens (primary N) is 1. The Hall–Kier alpha value is -2.17. The fourth-order valence-electron chi connectivity index (χ4n) is 1.92. The molecule has 6 nitrogen and oxygen atoms in total. The van der Waals surface area contributed by atoms with Crippen molar-refractivity contribution in [2.24, 2.45) is 0 Å². The van der Waals surface area contributed by atoms with Gasteiger partial charge in [-0.2, -0.15) is 10.4 Å². The minimum Gasteiger partial charge on any atom is -0.383 e. The van der Waals surface area contributed by atoms with Crippen LogP contribution in [0.3, 0.4) is 0 Å². The number of rotatable bonds is 6. The van der Waals surface area contributed by atoms with Gasteiger partial charge in [-0.15, -0.1) is 0 Å². The van der Waals surface area contributed by atoms with E-state index in [-0.39, 0.29) is 6.73 Å². The van der Waals surface area contributed by atoms with Crippen molar-refractivity contribution in [1.29, 1.82) is 5.26 Å². The molecule has 0 aliphatic carbocycles. The van der Waals surface area contributed by atoms with E-state index in [1.807, 2.05) is 0 Å². The molecule has 22 heavy (non-hydrogen) atoms. The lowest BCUT2D eigenvalue weighted by molar-refractivity contribution is 0.0803. The Balaban J connectivity index is 2.14. The lowest BCUT2D eigenvalue weighted by atomic mass is 10.1. The van der Waals surface area contributed by atoms with Gasteiger partial charge in [0.1, 0.15) is 29.9 Å². The van der Waals surface area contributed by atoms with E-state index in [0.29, 0.717) is 23.7 Å². The van der Waals surface area contributed by atoms with Gasteiger partial charge in [-0.25, -0.2) is 4.68 Å². The van der Waals surface area contributed by atoms with Crippen LogP contribution in [-0.2, 0) is 11.5 Å².